The third kappa shape index (κ3) is 5.87. The molecule has 1 aliphatic heterocycles. The molecular weight excluding hydrogens is 554 g/mol. The fourth-order valence-electron chi connectivity index (χ4n) is 5.35. The minimum absolute atomic E-state index is 0.0280. The molecule has 0 radical (unpaired) electrons. The smallest absolute Gasteiger partial charge is 0.360 e. The number of benzene rings is 3. The van der Waals surface area contributed by atoms with E-state index in [2.05, 4.69) is 5.32 Å². The molecule has 5 rings (SSSR count). The van der Waals surface area contributed by atoms with Gasteiger partial charge in [-0.15, -0.1) is 0 Å². The number of carbonyl (C=O) groups is 1. The van der Waals surface area contributed by atoms with Crippen LogP contribution in [0.1, 0.15) is 35.3 Å². The number of amides is 1. The van der Waals surface area contributed by atoms with Crippen LogP contribution in [-0.2, 0) is 9.47 Å². The number of aliphatic hydroxyl groups is 2. The molecular formula is C33H35NO9. The number of aryl methyl sites for hydroxylation is 2. The number of anilines is 1. The number of carbonyl (C=O) groups excluding carboxylic acids is 1. The van der Waals surface area contributed by atoms with Gasteiger partial charge in [-0.3, -0.25) is 4.79 Å². The molecule has 1 aromatic heterocycles. The van der Waals surface area contributed by atoms with Crippen molar-refractivity contribution < 1.29 is 38.4 Å². The van der Waals surface area contributed by atoms with Gasteiger partial charge in [0.25, 0.3) is 5.91 Å². The first kappa shape index (κ1) is 30.2. The van der Waals surface area contributed by atoms with E-state index in [1.807, 2.05) is 31.2 Å². The second-order valence-electron chi connectivity index (χ2n) is 11.1. The van der Waals surface area contributed by atoms with Crippen LogP contribution in [0.25, 0.3) is 22.1 Å². The fraction of sp³-hybridized carbons (Fsp3) is 0.333. The van der Waals surface area contributed by atoms with Crippen LogP contribution in [0.2, 0.25) is 0 Å². The molecule has 10 nitrogen and oxygen atoms in total. The van der Waals surface area contributed by atoms with E-state index < -0.39 is 41.7 Å². The fourth-order valence-corrected chi connectivity index (χ4v) is 5.35. The van der Waals surface area contributed by atoms with Crippen LogP contribution in [0.3, 0.4) is 0 Å². The predicted molar refractivity (Wildman–Crippen MR) is 161 cm³/mol. The lowest BCUT2D eigenvalue weighted by atomic mass is 9.89. The average molecular weight is 590 g/mol. The van der Waals surface area contributed by atoms with Crippen LogP contribution in [0, 0.1) is 13.8 Å². The molecule has 0 bridgehead atoms. The molecule has 0 unspecified atom stereocenters. The molecule has 3 N–H and O–H groups in total. The van der Waals surface area contributed by atoms with Crippen LogP contribution in [0.5, 0.6) is 11.5 Å². The van der Waals surface area contributed by atoms with Gasteiger partial charge in [0.1, 0.15) is 41.1 Å². The van der Waals surface area contributed by atoms with E-state index in [4.69, 9.17) is 23.4 Å². The van der Waals surface area contributed by atoms with E-state index in [9.17, 15) is 19.8 Å². The van der Waals surface area contributed by atoms with Crippen molar-refractivity contribution in [3.8, 4) is 22.6 Å². The van der Waals surface area contributed by atoms with Gasteiger partial charge in [-0.2, -0.15) is 0 Å². The van der Waals surface area contributed by atoms with Gasteiger partial charge in [0.05, 0.1) is 12.7 Å². The van der Waals surface area contributed by atoms with Crippen molar-refractivity contribution in [3.05, 3.63) is 87.8 Å². The summed E-state index contributed by atoms with van der Waals surface area (Å²) in [6, 6.07) is 17.7. The highest BCUT2D eigenvalue weighted by molar-refractivity contribution is 6.05. The Bertz CT molecular complexity index is 1710. The Morgan fingerprint density at radius 2 is 1.63 bits per heavy atom. The molecule has 1 aliphatic rings. The minimum Gasteiger partial charge on any atom is -0.496 e. The molecule has 0 aliphatic carbocycles. The Morgan fingerprint density at radius 1 is 0.930 bits per heavy atom. The summed E-state index contributed by atoms with van der Waals surface area (Å²) in [6.45, 7) is 7.14. The molecule has 2 heterocycles. The lowest BCUT2D eigenvalue weighted by molar-refractivity contribution is -0.306. The Morgan fingerprint density at radius 3 is 2.30 bits per heavy atom. The normalized spacial score (nSPS) is 21.4. The van der Waals surface area contributed by atoms with Crippen molar-refractivity contribution in [2.45, 2.75) is 57.9 Å². The maximum absolute atomic E-state index is 13.2. The number of rotatable bonds is 7. The monoisotopic (exact) mass is 589 g/mol. The summed E-state index contributed by atoms with van der Waals surface area (Å²) < 4.78 is 28.3. The molecule has 10 heteroatoms. The first-order chi connectivity index (χ1) is 20.4. The van der Waals surface area contributed by atoms with Crippen LogP contribution in [-0.4, -0.2) is 60.5 Å². The summed E-state index contributed by atoms with van der Waals surface area (Å²) in [5.74, 6) is 0.414. The summed E-state index contributed by atoms with van der Waals surface area (Å²) in [7, 11) is 3.00. The maximum atomic E-state index is 13.2. The van der Waals surface area contributed by atoms with Crippen molar-refractivity contribution in [1.82, 2.24) is 0 Å². The number of fused-ring (bicyclic) bond motifs is 1. The zero-order valence-electron chi connectivity index (χ0n) is 24.8. The molecule has 4 aromatic rings. The van der Waals surface area contributed by atoms with Crippen molar-refractivity contribution in [3.63, 3.8) is 0 Å². The highest BCUT2D eigenvalue weighted by Crippen LogP contribution is 2.35. The second kappa shape index (κ2) is 11.8. The minimum atomic E-state index is -1.39. The van der Waals surface area contributed by atoms with Crippen molar-refractivity contribution in [1.29, 1.82) is 0 Å². The molecule has 0 saturated carbocycles. The first-order valence-electron chi connectivity index (χ1n) is 13.8. The molecule has 226 valence electrons. The lowest BCUT2D eigenvalue weighted by Crippen LogP contribution is -2.63. The third-order valence-electron chi connectivity index (χ3n) is 7.71. The van der Waals surface area contributed by atoms with Gasteiger partial charge >= 0.3 is 5.63 Å². The third-order valence-corrected chi connectivity index (χ3v) is 7.71. The van der Waals surface area contributed by atoms with Crippen molar-refractivity contribution >= 4 is 22.6 Å². The van der Waals surface area contributed by atoms with Gasteiger partial charge in [-0.05, 0) is 69.7 Å². The Labute approximate surface area is 248 Å². The van der Waals surface area contributed by atoms with E-state index in [0.717, 1.165) is 16.7 Å². The standard InChI is InChI=1S/C33H35NO9/c1-17-7-9-19(10-8-17)22-15-21(12-14-25(22)39-5)30(37)34-23-16-20-11-13-24(18(2)28(20)42-31(23)38)41-32-27(36)26(35)29(40-6)33(3,4)43-32/h7-16,26-27,29,32,35-36H,1-6H3,(H,34,37)/t26-,27+,29+,32+/m0/s1. The number of methoxy groups -OCH3 is 2. The van der Waals surface area contributed by atoms with Gasteiger partial charge in [-0.1, -0.05) is 29.8 Å². The lowest BCUT2D eigenvalue weighted by Gasteiger charge is -2.46. The highest BCUT2D eigenvalue weighted by Gasteiger charge is 2.50. The molecule has 1 saturated heterocycles. The van der Waals surface area contributed by atoms with Crippen LogP contribution in [0.4, 0.5) is 5.69 Å². The Balaban J connectivity index is 1.39. The molecule has 3 aromatic carbocycles. The molecule has 1 fully saturated rings. The molecule has 4 atom stereocenters. The van der Waals surface area contributed by atoms with Crippen LogP contribution in [0.15, 0.2) is 69.9 Å². The zero-order chi connectivity index (χ0) is 31.1. The van der Waals surface area contributed by atoms with Gasteiger partial charge < -0.3 is 38.9 Å². The highest BCUT2D eigenvalue weighted by atomic mass is 16.7. The number of nitrogens with one attached hydrogen (secondary N) is 1. The van der Waals surface area contributed by atoms with Gasteiger partial charge in [0.2, 0.25) is 6.29 Å². The van der Waals surface area contributed by atoms with Crippen LogP contribution >= 0.6 is 0 Å². The Kier molecular flexibility index (Phi) is 8.31. The Hall–Kier alpha value is -4.22. The maximum Gasteiger partial charge on any atom is 0.360 e. The zero-order valence-corrected chi connectivity index (χ0v) is 24.8. The quantitative estimate of drug-likeness (QED) is 0.265. The predicted octanol–water partition coefficient (Wildman–Crippen LogP) is 4.59. The van der Waals surface area contributed by atoms with E-state index in [-0.39, 0.29) is 17.0 Å². The van der Waals surface area contributed by atoms with E-state index in [1.54, 1.807) is 58.2 Å². The van der Waals surface area contributed by atoms with E-state index in [1.165, 1.54) is 13.2 Å². The first-order valence-corrected chi connectivity index (χ1v) is 13.8. The van der Waals surface area contributed by atoms with E-state index >= 15 is 0 Å². The van der Waals surface area contributed by atoms with Crippen LogP contribution < -0.4 is 20.4 Å². The number of ether oxygens (including phenoxy) is 4. The number of hydrogen-bond donors (Lipinski definition) is 3. The van der Waals surface area contributed by atoms with Gasteiger partial charge in [0, 0.05) is 29.2 Å². The summed E-state index contributed by atoms with van der Waals surface area (Å²) in [5, 5.41) is 24.4. The average Bonchev–Trinajstić information content (AvgIpc) is 2.98. The van der Waals surface area contributed by atoms with E-state index in [0.29, 0.717) is 22.3 Å². The molecule has 43 heavy (non-hydrogen) atoms. The summed E-state index contributed by atoms with van der Waals surface area (Å²) in [6.07, 6.45) is -4.60. The van der Waals surface area contributed by atoms with Gasteiger partial charge in [0.15, 0.2) is 0 Å². The SMILES string of the molecule is COc1ccc(C(=O)Nc2cc3ccc(O[C@@H]4OC(C)(C)[C@H](OC)[C@@H](O)[C@H]4O)c(C)c3oc2=O)cc1-c1ccc(C)cc1. The second-order valence-corrected chi connectivity index (χ2v) is 11.1. The molecule has 0 spiro atoms. The summed E-state index contributed by atoms with van der Waals surface area (Å²) >= 11 is 0. The van der Waals surface area contributed by atoms with Gasteiger partial charge in [-0.25, -0.2) is 4.79 Å². The molecule has 1 amide bonds. The summed E-state index contributed by atoms with van der Waals surface area (Å²) in [4.78, 5) is 26.2. The number of aliphatic hydroxyl groups excluding tert-OH is 2. The van der Waals surface area contributed by atoms with Crippen molar-refractivity contribution in [2.75, 3.05) is 19.5 Å². The van der Waals surface area contributed by atoms with Crippen molar-refractivity contribution in [2.24, 2.45) is 0 Å². The summed E-state index contributed by atoms with van der Waals surface area (Å²) in [5.41, 5.74) is 2.06. The number of hydrogen-bond acceptors (Lipinski definition) is 9. The largest absolute Gasteiger partial charge is 0.496 e. The topological polar surface area (TPSA) is 137 Å².